The van der Waals surface area contributed by atoms with Gasteiger partial charge in [0.15, 0.2) is 0 Å². The van der Waals surface area contributed by atoms with E-state index in [0.29, 0.717) is 22.9 Å². The highest BCUT2D eigenvalue weighted by atomic mass is 16.2. The molecule has 0 amide bonds. The first-order valence-corrected chi connectivity index (χ1v) is 8.04. The SMILES string of the molecule is C[C@]12[C@@H]3[C@@H]4C[C@@H]1[C@]2(C)[C@@H]3n1c(=O)n(-c2ccccc2)c(=O)n14. The highest BCUT2D eigenvalue weighted by molar-refractivity contribution is 5.41. The van der Waals surface area contributed by atoms with E-state index in [1.165, 1.54) is 4.57 Å². The van der Waals surface area contributed by atoms with Crippen molar-refractivity contribution >= 4 is 0 Å². The molecule has 5 heteroatoms. The molecular formula is C17H17N3O2. The summed E-state index contributed by atoms with van der Waals surface area (Å²) < 4.78 is 4.91. The Bertz CT molecular complexity index is 968. The standard InChI is InChI=1S/C17H17N3O2/c1-16-11-8-10-12(16)13(17(11,16)2)20-15(22)18(14(21)19(10)20)9-6-4-3-5-7-9/h3-7,10-13H,8H2,1-2H3/t10-,11-,12+,13+,16+,17+/m0/s1. The maximum absolute atomic E-state index is 13.0. The molecular weight excluding hydrogens is 278 g/mol. The monoisotopic (exact) mass is 295 g/mol. The Kier molecular flexibility index (Phi) is 1.52. The van der Waals surface area contributed by atoms with Crippen molar-refractivity contribution in [2.45, 2.75) is 32.4 Å². The van der Waals surface area contributed by atoms with E-state index in [-0.39, 0.29) is 28.9 Å². The van der Waals surface area contributed by atoms with Crippen LogP contribution < -0.4 is 11.4 Å². The van der Waals surface area contributed by atoms with Crippen LogP contribution in [-0.4, -0.2) is 13.9 Å². The molecule has 1 aliphatic heterocycles. The summed E-state index contributed by atoms with van der Waals surface area (Å²) in [6.07, 6.45) is 1.06. The quantitative estimate of drug-likeness (QED) is 0.802. The molecule has 0 saturated heterocycles. The second-order valence-corrected chi connectivity index (χ2v) is 7.82. The van der Waals surface area contributed by atoms with Gasteiger partial charge in [0.25, 0.3) is 0 Å². The van der Waals surface area contributed by atoms with E-state index >= 15 is 0 Å². The number of hydrogen-bond acceptors (Lipinski definition) is 2. The number of rotatable bonds is 1. The summed E-state index contributed by atoms with van der Waals surface area (Å²) in [6, 6.07) is 9.72. The predicted molar refractivity (Wildman–Crippen MR) is 80.2 cm³/mol. The van der Waals surface area contributed by atoms with Crippen molar-refractivity contribution < 1.29 is 0 Å². The summed E-state index contributed by atoms with van der Waals surface area (Å²) in [7, 11) is 0. The van der Waals surface area contributed by atoms with E-state index in [9.17, 15) is 9.59 Å². The summed E-state index contributed by atoms with van der Waals surface area (Å²) in [6.45, 7) is 4.66. The van der Waals surface area contributed by atoms with Crippen molar-refractivity contribution in [1.29, 1.82) is 0 Å². The van der Waals surface area contributed by atoms with Crippen LogP contribution >= 0.6 is 0 Å². The van der Waals surface area contributed by atoms with Gasteiger partial charge in [-0.05, 0) is 35.3 Å². The first-order valence-electron chi connectivity index (χ1n) is 8.04. The van der Waals surface area contributed by atoms with Gasteiger partial charge in [0.2, 0.25) is 0 Å². The normalized spacial score (nSPS) is 45.4. The van der Waals surface area contributed by atoms with Gasteiger partial charge in [-0.2, -0.15) is 0 Å². The van der Waals surface area contributed by atoms with Crippen LogP contribution in [0.1, 0.15) is 32.4 Å². The van der Waals surface area contributed by atoms with Gasteiger partial charge in [-0.3, -0.25) is 0 Å². The Labute approximate surface area is 126 Å². The van der Waals surface area contributed by atoms with Gasteiger partial charge in [-0.15, -0.1) is 0 Å². The van der Waals surface area contributed by atoms with Crippen LogP contribution in [0.2, 0.25) is 0 Å². The van der Waals surface area contributed by atoms with Gasteiger partial charge in [-0.1, -0.05) is 32.0 Å². The van der Waals surface area contributed by atoms with Crippen LogP contribution in [0.3, 0.4) is 0 Å². The van der Waals surface area contributed by atoms with Crippen LogP contribution in [0.25, 0.3) is 5.69 Å². The average Bonchev–Trinajstić information content (AvgIpc) is 2.85. The number of benzene rings is 1. The van der Waals surface area contributed by atoms with E-state index in [4.69, 9.17) is 0 Å². The van der Waals surface area contributed by atoms with Crippen molar-refractivity contribution in [3.63, 3.8) is 0 Å². The summed E-state index contributed by atoms with van der Waals surface area (Å²) in [5.74, 6) is 1.18. The van der Waals surface area contributed by atoms with Gasteiger partial charge in [0.05, 0.1) is 17.8 Å². The molecule has 0 N–H and O–H groups in total. The molecule has 3 aliphatic carbocycles. The fourth-order valence-electron chi connectivity index (χ4n) is 6.66. The molecule has 3 fully saturated rings. The first kappa shape index (κ1) is 11.5. The van der Waals surface area contributed by atoms with Gasteiger partial charge in [-0.25, -0.2) is 23.5 Å². The van der Waals surface area contributed by atoms with Gasteiger partial charge in [0, 0.05) is 5.92 Å². The highest BCUT2D eigenvalue weighted by Crippen LogP contribution is 2.96. The second-order valence-electron chi connectivity index (χ2n) is 7.82. The van der Waals surface area contributed by atoms with E-state index in [0.717, 1.165) is 6.42 Å². The average molecular weight is 295 g/mol. The Hall–Kier alpha value is -2.04. The zero-order valence-electron chi connectivity index (χ0n) is 12.6. The second kappa shape index (κ2) is 2.90. The van der Waals surface area contributed by atoms with Crippen molar-refractivity contribution in [2.75, 3.05) is 0 Å². The Morgan fingerprint density at radius 1 is 1.00 bits per heavy atom. The lowest BCUT2D eigenvalue weighted by Crippen LogP contribution is -2.46. The van der Waals surface area contributed by atoms with E-state index in [2.05, 4.69) is 13.8 Å². The molecule has 112 valence electrons. The van der Waals surface area contributed by atoms with Crippen LogP contribution in [0, 0.1) is 22.7 Å². The van der Waals surface area contributed by atoms with Gasteiger partial charge >= 0.3 is 11.4 Å². The lowest BCUT2D eigenvalue weighted by Gasteiger charge is -2.45. The summed E-state index contributed by atoms with van der Waals surface area (Å²) in [4.78, 5) is 25.9. The maximum atomic E-state index is 13.0. The van der Waals surface area contributed by atoms with Crippen molar-refractivity contribution in [2.24, 2.45) is 22.7 Å². The zero-order chi connectivity index (χ0) is 15.0. The van der Waals surface area contributed by atoms with E-state index in [1.54, 1.807) is 9.36 Å². The molecule has 0 unspecified atom stereocenters. The van der Waals surface area contributed by atoms with Crippen LogP contribution in [0.4, 0.5) is 0 Å². The third-order valence-electron chi connectivity index (χ3n) is 7.66. The highest BCUT2D eigenvalue weighted by Gasteiger charge is 2.93. The third-order valence-corrected chi connectivity index (χ3v) is 7.66. The number of hydrogen-bond donors (Lipinski definition) is 0. The third kappa shape index (κ3) is 0.788. The van der Waals surface area contributed by atoms with Crippen LogP contribution in [-0.2, 0) is 0 Å². The summed E-state index contributed by atoms with van der Waals surface area (Å²) in [5.41, 5.74) is 0.936. The number of para-hydroxylation sites is 1. The molecule has 4 aliphatic rings. The number of fused-ring (bicyclic) bond motifs is 5. The molecule has 5 nitrogen and oxygen atoms in total. The lowest BCUT2D eigenvalue weighted by atomic mass is 9.60. The predicted octanol–water partition coefficient (Wildman–Crippen LogP) is 1.57. The molecule has 1 aromatic heterocycles. The molecule has 0 spiro atoms. The van der Waals surface area contributed by atoms with Gasteiger partial charge in [0.1, 0.15) is 0 Å². The Balaban J connectivity index is 1.65. The smallest absolute Gasteiger partial charge is 0.245 e. The lowest BCUT2D eigenvalue weighted by molar-refractivity contribution is 0.0167. The number of nitrogens with zero attached hydrogens (tertiary/aromatic N) is 3. The zero-order valence-corrected chi connectivity index (χ0v) is 12.6. The molecule has 6 atom stereocenters. The Morgan fingerprint density at radius 2 is 1.68 bits per heavy atom. The summed E-state index contributed by atoms with van der Waals surface area (Å²) >= 11 is 0. The van der Waals surface area contributed by atoms with Crippen molar-refractivity contribution in [1.82, 2.24) is 13.9 Å². The molecule has 3 saturated carbocycles. The summed E-state index contributed by atoms with van der Waals surface area (Å²) in [5, 5.41) is 0. The van der Waals surface area contributed by atoms with E-state index < -0.39 is 0 Å². The Morgan fingerprint density at radius 3 is 2.36 bits per heavy atom. The minimum atomic E-state index is -0.164. The van der Waals surface area contributed by atoms with Crippen LogP contribution in [0.5, 0.6) is 0 Å². The maximum Gasteiger partial charge on any atom is 0.352 e. The molecule has 1 aromatic carbocycles. The molecule has 0 bridgehead atoms. The van der Waals surface area contributed by atoms with E-state index in [1.807, 2.05) is 30.3 Å². The van der Waals surface area contributed by atoms with Gasteiger partial charge < -0.3 is 0 Å². The topological polar surface area (TPSA) is 48.9 Å². The number of aromatic nitrogens is 3. The van der Waals surface area contributed by atoms with Crippen molar-refractivity contribution in [3.8, 4) is 5.69 Å². The minimum Gasteiger partial charge on any atom is -0.245 e. The van der Waals surface area contributed by atoms with Crippen LogP contribution in [0.15, 0.2) is 39.9 Å². The molecule has 2 aromatic rings. The molecule has 6 rings (SSSR count). The molecule has 0 radical (unpaired) electrons. The first-order chi connectivity index (χ1) is 10.5. The molecule has 22 heavy (non-hydrogen) atoms. The minimum absolute atomic E-state index is 0.162. The fourth-order valence-corrected chi connectivity index (χ4v) is 6.66. The van der Waals surface area contributed by atoms with Crippen molar-refractivity contribution in [3.05, 3.63) is 51.3 Å². The fraction of sp³-hybridized carbons (Fsp3) is 0.529. The molecule has 2 heterocycles. The largest absolute Gasteiger partial charge is 0.352 e.